The van der Waals surface area contributed by atoms with E-state index in [2.05, 4.69) is 0 Å². The predicted molar refractivity (Wildman–Crippen MR) is 44.1 cm³/mol. The summed E-state index contributed by atoms with van der Waals surface area (Å²) < 4.78 is 5.24. The van der Waals surface area contributed by atoms with Crippen LogP contribution in [-0.4, -0.2) is 57.6 Å². The molecule has 1 heterocycles. The SMILES string of the molecule is C[C@H]1OC(CO)(CO)CC(O)C1O. The zero-order valence-corrected chi connectivity index (χ0v) is 7.55. The zero-order valence-electron chi connectivity index (χ0n) is 7.55. The highest BCUT2D eigenvalue weighted by atomic mass is 16.5. The first-order valence-electron chi connectivity index (χ1n) is 4.30. The van der Waals surface area contributed by atoms with Crippen molar-refractivity contribution in [1.82, 2.24) is 0 Å². The van der Waals surface area contributed by atoms with Gasteiger partial charge in [-0.05, 0) is 6.92 Å². The van der Waals surface area contributed by atoms with Gasteiger partial charge in [0.25, 0.3) is 0 Å². The Morgan fingerprint density at radius 2 is 1.85 bits per heavy atom. The van der Waals surface area contributed by atoms with Crippen LogP contribution in [0.1, 0.15) is 13.3 Å². The van der Waals surface area contributed by atoms with Gasteiger partial charge < -0.3 is 25.2 Å². The van der Waals surface area contributed by atoms with E-state index in [1.54, 1.807) is 6.92 Å². The van der Waals surface area contributed by atoms with Crippen molar-refractivity contribution in [2.24, 2.45) is 0 Å². The van der Waals surface area contributed by atoms with Gasteiger partial charge in [-0.15, -0.1) is 0 Å². The Balaban J connectivity index is 2.71. The van der Waals surface area contributed by atoms with Gasteiger partial charge in [-0.2, -0.15) is 0 Å². The zero-order chi connectivity index (χ0) is 10.1. The molecule has 3 atom stereocenters. The molecule has 1 fully saturated rings. The number of hydrogen-bond donors (Lipinski definition) is 4. The molecule has 1 aliphatic heterocycles. The van der Waals surface area contributed by atoms with Crippen molar-refractivity contribution < 1.29 is 25.2 Å². The van der Waals surface area contributed by atoms with Crippen LogP contribution in [0.2, 0.25) is 0 Å². The predicted octanol–water partition coefficient (Wildman–Crippen LogP) is -1.76. The van der Waals surface area contributed by atoms with Crippen molar-refractivity contribution in [2.75, 3.05) is 13.2 Å². The molecule has 1 rings (SSSR count). The van der Waals surface area contributed by atoms with E-state index in [0.29, 0.717) is 0 Å². The van der Waals surface area contributed by atoms with Crippen LogP contribution in [0.3, 0.4) is 0 Å². The second kappa shape index (κ2) is 3.89. The standard InChI is InChI=1S/C8H16O5/c1-5-7(12)6(11)2-8(3-9,4-10)13-5/h5-7,9-12H,2-4H2,1H3/t5-,6?,7?/m1/s1. The lowest BCUT2D eigenvalue weighted by Gasteiger charge is -2.42. The smallest absolute Gasteiger partial charge is 0.117 e. The van der Waals surface area contributed by atoms with Crippen molar-refractivity contribution in [1.29, 1.82) is 0 Å². The van der Waals surface area contributed by atoms with E-state index in [4.69, 9.17) is 14.9 Å². The molecule has 0 radical (unpaired) electrons. The Morgan fingerprint density at radius 1 is 1.31 bits per heavy atom. The minimum absolute atomic E-state index is 0.0471. The highest BCUT2D eigenvalue weighted by molar-refractivity contribution is 4.92. The van der Waals surface area contributed by atoms with E-state index >= 15 is 0 Å². The van der Waals surface area contributed by atoms with Gasteiger partial charge in [-0.3, -0.25) is 0 Å². The molecule has 4 N–H and O–H groups in total. The molecule has 0 aromatic carbocycles. The van der Waals surface area contributed by atoms with Crippen LogP contribution in [0.25, 0.3) is 0 Å². The first-order valence-corrected chi connectivity index (χ1v) is 4.30. The van der Waals surface area contributed by atoms with Crippen LogP contribution < -0.4 is 0 Å². The largest absolute Gasteiger partial charge is 0.393 e. The van der Waals surface area contributed by atoms with Crippen molar-refractivity contribution in [3.05, 3.63) is 0 Å². The third-order valence-electron chi connectivity index (χ3n) is 2.47. The molecule has 0 bridgehead atoms. The summed E-state index contributed by atoms with van der Waals surface area (Å²) in [5.74, 6) is 0. The highest BCUT2D eigenvalue weighted by Crippen LogP contribution is 2.28. The third-order valence-corrected chi connectivity index (χ3v) is 2.47. The number of hydrogen-bond acceptors (Lipinski definition) is 5. The number of aliphatic hydroxyl groups excluding tert-OH is 4. The van der Waals surface area contributed by atoms with E-state index in [0.717, 1.165) is 0 Å². The fourth-order valence-corrected chi connectivity index (χ4v) is 1.58. The summed E-state index contributed by atoms with van der Waals surface area (Å²) in [7, 11) is 0. The molecule has 1 aliphatic rings. The lowest BCUT2D eigenvalue weighted by Crippen LogP contribution is -2.57. The summed E-state index contributed by atoms with van der Waals surface area (Å²) in [5, 5.41) is 36.7. The molecule has 0 amide bonds. The monoisotopic (exact) mass is 192 g/mol. The summed E-state index contributed by atoms with van der Waals surface area (Å²) in [4.78, 5) is 0. The van der Waals surface area contributed by atoms with Crippen molar-refractivity contribution in [3.8, 4) is 0 Å². The van der Waals surface area contributed by atoms with Crippen LogP contribution in [0.4, 0.5) is 0 Å². The maximum absolute atomic E-state index is 9.39. The molecule has 5 heteroatoms. The second-order valence-corrected chi connectivity index (χ2v) is 3.58. The van der Waals surface area contributed by atoms with E-state index in [1.165, 1.54) is 0 Å². The lowest BCUT2D eigenvalue weighted by atomic mass is 9.89. The molecule has 0 spiro atoms. The van der Waals surface area contributed by atoms with Gasteiger partial charge >= 0.3 is 0 Å². The second-order valence-electron chi connectivity index (χ2n) is 3.58. The molecule has 5 nitrogen and oxygen atoms in total. The highest BCUT2D eigenvalue weighted by Gasteiger charge is 2.43. The fourth-order valence-electron chi connectivity index (χ4n) is 1.58. The van der Waals surface area contributed by atoms with Gasteiger partial charge in [0, 0.05) is 6.42 Å². The summed E-state index contributed by atoms with van der Waals surface area (Å²) in [5.41, 5.74) is -1.11. The quantitative estimate of drug-likeness (QED) is 0.416. The Morgan fingerprint density at radius 3 is 2.23 bits per heavy atom. The molecule has 13 heavy (non-hydrogen) atoms. The molecule has 1 saturated heterocycles. The van der Waals surface area contributed by atoms with Gasteiger partial charge in [0.1, 0.15) is 11.7 Å². The molecule has 2 unspecified atom stereocenters. The molecular formula is C8H16O5. The maximum Gasteiger partial charge on any atom is 0.117 e. The van der Waals surface area contributed by atoms with Crippen molar-refractivity contribution in [2.45, 2.75) is 37.3 Å². The average Bonchev–Trinajstić information content (AvgIpc) is 2.13. The first-order chi connectivity index (χ1) is 6.04. The van der Waals surface area contributed by atoms with E-state index < -0.39 is 23.9 Å². The Labute approximate surface area is 76.6 Å². The summed E-state index contributed by atoms with van der Waals surface area (Å²) in [6, 6.07) is 0. The molecule has 0 aromatic rings. The van der Waals surface area contributed by atoms with Crippen molar-refractivity contribution in [3.63, 3.8) is 0 Å². The molecule has 0 saturated carbocycles. The number of rotatable bonds is 2. The number of ether oxygens (including phenoxy) is 1. The summed E-state index contributed by atoms with van der Waals surface area (Å²) in [6.07, 6.45) is -2.44. The fraction of sp³-hybridized carbons (Fsp3) is 1.00. The molecule has 78 valence electrons. The lowest BCUT2D eigenvalue weighted by molar-refractivity contribution is -0.231. The summed E-state index contributed by atoms with van der Waals surface area (Å²) in [6.45, 7) is 0.863. The minimum Gasteiger partial charge on any atom is -0.393 e. The Bertz CT molecular complexity index is 154. The normalized spacial score (nSPS) is 39.0. The summed E-state index contributed by atoms with van der Waals surface area (Å²) >= 11 is 0. The molecule has 0 aliphatic carbocycles. The van der Waals surface area contributed by atoms with E-state index in [1.807, 2.05) is 0 Å². The van der Waals surface area contributed by atoms with Crippen LogP contribution in [0.15, 0.2) is 0 Å². The minimum atomic E-state index is -1.11. The molecular weight excluding hydrogens is 176 g/mol. The van der Waals surface area contributed by atoms with E-state index in [9.17, 15) is 10.2 Å². The van der Waals surface area contributed by atoms with Gasteiger partial charge in [0.15, 0.2) is 0 Å². The van der Waals surface area contributed by atoms with Crippen molar-refractivity contribution >= 4 is 0 Å². The topological polar surface area (TPSA) is 90.2 Å². The van der Waals surface area contributed by atoms with Crippen LogP contribution in [0.5, 0.6) is 0 Å². The van der Waals surface area contributed by atoms with Crippen LogP contribution in [-0.2, 0) is 4.74 Å². The first kappa shape index (κ1) is 10.9. The average molecular weight is 192 g/mol. The van der Waals surface area contributed by atoms with Crippen LogP contribution >= 0.6 is 0 Å². The van der Waals surface area contributed by atoms with Crippen LogP contribution in [0, 0.1) is 0 Å². The van der Waals surface area contributed by atoms with Gasteiger partial charge in [-0.25, -0.2) is 0 Å². The Hall–Kier alpha value is -0.200. The maximum atomic E-state index is 9.39. The van der Waals surface area contributed by atoms with Gasteiger partial charge in [-0.1, -0.05) is 0 Å². The Kier molecular flexibility index (Phi) is 3.26. The van der Waals surface area contributed by atoms with E-state index in [-0.39, 0.29) is 19.6 Å². The number of aliphatic hydroxyl groups is 4. The van der Waals surface area contributed by atoms with Gasteiger partial charge in [0.2, 0.25) is 0 Å². The third kappa shape index (κ3) is 2.00. The molecule has 0 aromatic heterocycles. The van der Waals surface area contributed by atoms with Gasteiger partial charge in [0.05, 0.1) is 25.4 Å².